The lowest BCUT2D eigenvalue weighted by atomic mass is 9.93. The van der Waals surface area contributed by atoms with E-state index < -0.39 is 6.08 Å². The molecule has 0 saturated heterocycles. The van der Waals surface area contributed by atoms with E-state index in [0.717, 1.165) is 24.8 Å². The lowest BCUT2D eigenvalue weighted by molar-refractivity contribution is 0.124. The van der Waals surface area contributed by atoms with Crippen LogP contribution in [0.25, 0.3) is 16.8 Å². The van der Waals surface area contributed by atoms with E-state index in [1.807, 2.05) is 13.0 Å². The standard InChI is InChI=1S/C21H23F2N3O2/c1-11-9-18(24-12-3-2-4-13(27)10-12)25-26-19(11)17-8-5-14-15(20(17)28)6-7-16(14)21(22)23/h5,8-9,12-13,27-28H,2-4,6-7,10H2,1H3,(H,24,25)/t12-,13-/m1/s1. The van der Waals surface area contributed by atoms with E-state index in [0.29, 0.717) is 41.0 Å². The maximum atomic E-state index is 13.1. The number of aliphatic hydroxyl groups excluding tert-OH is 1. The van der Waals surface area contributed by atoms with Gasteiger partial charge in [-0.15, -0.1) is 10.2 Å². The Bertz CT molecular complexity index is 941. The van der Waals surface area contributed by atoms with Crippen molar-refractivity contribution in [3.63, 3.8) is 0 Å². The predicted molar refractivity (Wildman–Crippen MR) is 103 cm³/mol. The number of rotatable bonds is 3. The van der Waals surface area contributed by atoms with Crippen LogP contribution in [0.4, 0.5) is 14.6 Å². The molecule has 0 radical (unpaired) electrons. The average Bonchev–Trinajstić information content (AvgIpc) is 3.08. The Morgan fingerprint density at radius 3 is 2.64 bits per heavy atom. The molecule has 2 aliphatic carbocycles. The second kappa shape index (κ2) is 7.47. The molecule has 2 aromatic rings. The first-order valence-electron chi connectivity index (χ1n) is 9.62. The van der Waals surface area contributed by atoms with Gasteiger partial charge in [-0.1, -0.05) is 6.07 Å². The number of phenols is 1. The molecule has 2 atom stereocenters. The highest BCUT2D eigenvalue weighted by Gasteiger charge is 2.26. The Morgan fingerprint density at radius 1 is 1.14 bits per heavy atom. The number of aromatic nitrogens is 2. The van der Waals surface area contributed by atoms with Gasteiger partial charge in [0.15, 0.2) is 0 Å². The van der Waals surface area contributed by atoms with E-state index in [2.05, 4.69) is 15.5 Å². The van der Waals surface area contributed by atoms with Crippen molar-refractivity contribution in [1.82, 2.24) is 10.2 Å². The molecule has 2 aliphatic rings. The van der Waals surface area contributed by atoms with Gasteiger partial charge < -0.3 is 15.5 Å². The number of phenolic OH excluding ortho intramolecular Hbond substituents is 1. The van der Waals surface area contributed by atoms with Gasteiger partial charge in [0.1, 0.15) is 11.6 Å². The molecule has 5 nitrogen and oxygen atoms in total. The summed E-state index contributed by atoms with van der Waals surface area (Å²) in [7, 11) is 0. The maximum Gasteiger partial charge on any atom is 0.274 e. The third-order valence-electron chi connectivity index (χ3n) is 5.70. The molecule has 148 valence electrons. The van der Waals surface area contributed by atoms with Gasteiger partial charge in [-0.25, -0.2) is 0 Å². The van der Waals surface area contributed by atoms with Crippen LogP contribution in [-0.4, -0.2) is 32.6 Å². The van der Waals surface area contributed by atoms with Crippen molar-refractivity contribution in [2.24, 2.45) is 0 Å². The maximum absolute atomic E-state index is 13.1. The van der Waals surface area contributed by atoms with E-state index >= 15 is 0 Å². The minimum Gasteiger partial charge on any atom is -0.507 e. The fourth-order valence-electron chi connectivity index (χ4n) is 4.27. The molecule has 28 heavy (non-hydrogen) atoms. The van der Waals surface area contributed by atoms with E-state index in [1.54, 1.807) is 12.1 Å². The van der Waals surface area contributed by atoms with Crippen molar-refractivity contribution in [3.8, 4) is 17.0 Å². The third-order valence-corrected chi connectivity index (χ3v) is 5.70. The number of hydrogen-bond acceptors (Lipinski definition) is 5. The molecule has 1 aromatic heterocycles. The van der Waals surface area contributed by atoms with Gasteiger partial charge in [0, 0.05) is 22.7 Å². The Hall–Kier alpha value is -2.54. The molecule has 0 bridgehead atoms. The number of benzene rings is 1. The fourth-order valence-corrected chi connectivity index (χ4v) is 4.27. The van der Waals surface area contributed by atoms with Crippen LogP contribution in [0.2, 0.25) is 0 Å². The number of halogens is 2. The summed E-state index contributed by atoms with van der Waals surface area (Å²) < 4.78 is 26.1. The molecular weight excluding hydrogens is 364 g/mol. The number of aromatic hydroxyl groups is 1. The van der Waals surface area contributed by atoms with E-state index in [1.165, 1.54) is 0 Å². The molecule has 7 heteroatoms. The van der Waals surface area contributed by atoms with Crippen LogP contribution < -0.4 is 5.32 Å². The molecule has 1 heterocycles. The SMILES string of the molecule is Cc1cc(N[C@@H]2CCC[C@@H](O)C2)nnc1-c1ccc2c(c1O)CCC2=C(F)F. The fraction of sp³-hybridized carbons (Fsp3) is 0.429. The summed E-state index contributed by atoms with van der Waals surface area (Å²) in [5, 5.41) is 32.3. The van der Waals surface area contributed by atoms with Gasteiger partial charge in [0.05, 0.1) is 11.8 Å². The van der Waals surface area contributed by atoms with Gasteiger partial charge in [0.2, 0.25) is 0 Å². The first-order chi connectivity index (χ1) is 13.4. The van der Waals surface area contributed by atoms with Crippen LogP contribution in [0.5, 0.6) is 5.75 Å². The molecular formula is C21H23F2N3O2. The Labute approximate surface area is 162 Å². The number of nitrogens with zero attached hydrogens (tertiary/aromatic N) is 2. The van der Waals surface area contributed by atoms with Gasteiger partial charge >= 0.3 is 0 Å². The van der Waals surface area contributed by atoms with E-state index in [-0.39, 0.29) is 29.9 Å². The Kier molecular flexibility index (Phi) is 5.02. The van der Waals surface area contributed by atoms with Crippen molar-refractivity contribution in [2.75, 3.05) is 5.32 Å². The van der Waals surface area contributed by atoms with Crippen molar-refractivity contribution in [3.05, 3.63) is 41.0 Å². The van der Waals surface area contributed by atoms with Crippen LogP contribution >= 0.6 is 0 Å². The van der Waals surface area contributed by atoms with Crippen LogP contribution in [0.15, 0.2) is 24.3 Å². The minimum atomic E-state index is -1.69. The van der Waals surface area contributed by atoms with Gasteiger partial charge in [-0.3, -0.25) is 0 Å². The zero-order valence-corrected chi connectivity index (χ0v) is 15.7. The molecule has 0 amide bonds. The lowest BCUT2D eigenvalue weighted by Gasteiger charge is -2.27. The van der Waals surface area contributed by atoms with Crippen molar-refractivity contribution >= 4 is 11.4 Å². The second-order valence-corrected chi connectivity index (χ2v) is 7.65. The normalized spacial score (nSPS) is 21.5. The summed E-state index contributed by atoms with van der Waals surface area (Å²) in [6.45, 7) is 1.88. The quantitative estimate of drug-likeness (QED) is 0.726. The summed E-state index contributed by atoms with van der Waals surface area (Å²) in [4.78, 5) is 0. The number of fused-ring (bicyclic) bond motifs is 1. The zero-order valence-electron chi connectivity index (χ0n) is 15.7. The summed E-state index contributed by atoms with van der Waals surface area (Å²) in [5.41, 5.74) is 2.83. The Balaban J connectivity index is 1.61. The summed E-state index contributed by atoms with van der Waals surface area (Å²) >= 11 is 0. The minimum absolute atomic E-state index is 0.00209. The van der Waals surface area contributed by atoms with E-state index in [9.17, 15) is 19.0 Å². The highest BCUT2D eigenvalue weighted by molar-refractivity contribution is 5.81. The molecule has 1 fully saturated rings. The molecule has 0 unspecified atom stereocenters. The number of aryl methyl sites for hydroxylation is 1. The molecule has 1 aromatic carbocycles. The monoisotopic (exact) mass is 387 g/mol. The Morgan fingerprint density at radius 2 is 1.93 bits per heavy atom. The number of anilines is 1. The average molecular weight is 387 g/mol. The first kappa shape index (κ1) is 18.8. The first-order valence-corrected chi connectivity index (χ1v) is 9.62. The number of allylic oxidation sites excluding steroid dienone is 1. The van der Waals surface area contributed by atoms with Crippen LogP contribution in [0.1, 0.15) is 48.8 Å². The molecule has 1 saturated carbocycles. The molecule has 4 rings (SSSR count). The molecule has 0 aliphatic heterocycles. The van der Waals surface area contributed by atoms with Gasteiger partial charge in [-0.2, -0.15) is 8.78 Å². The largest absolute Gasteiger partial charge is 0.507 e. The van der Waals surface area contributed by atoms with Crippen molar-refractivity contribution < 1.29 is 19.0 Å². The molecule has 3 N–H and O–H groups in total. The summed E-state index contributed by atoms with van der Waals surface area (Å²) in [6, 6.07) is 5.28. The van der Waals surface area contributed by atoms with E-state index in [4.69, 9.17) is 0 Å². The van der Waals surface area contributed by atoms with Crippen molar-refractivity contribution in [1.29, 1.82) is 0 Å². The van der Waals surface area contributed by atoms with Gasteiger partial charge in [0.25, 0.3) is 6.08 Å². The van der Waals surface area contributed by atoms with Crippen LogP contribution in [0, 0.1) is 6.92 Å². The third kappa shape index (κ3) is 3.46. The van der Waals surface area contributed by atoms with Gasteiger partial charge in [-0.05, 0) is 68.7 Å². The lowest BCUT2D eigenvalue weighted by Crippen LogP contribution is -2.30. The van der Waals surface area contributed by atoms with Crippen LogP contribution in [-0.2, 0) is 6.42 Å². The zero-order chi connectivity index (χ0) is 19.8. The summed E-state index contributed by atoms with van der Waals surface area (Å²) in [6.07, 6.45) is 2.13. The highest BCUT2D eigenvalue weighted by Crippen LogP contribution is 2.44. The number of nitrogens with one attached hydrogen (secondary N) is 1. The number of hydrogen-bond donors (Lipinski definition) is 3. The highest BCUT2D eigenvalue weighted by atomic mass is 19.3. The van der Waals surface area contributed by atoms with Crippen LogP contribution in [0.3, 0.4) is 0 Å². The van der Waals surface area contributed by atoms with Crippen molar-refractivity contribution in [2.45, 2.75) is 57.6 Å². The second-order valence-electron chi connectivity index (χ2n) is 7.65. The number of aliphatic hydroxyl groups is 1. The smallest absolute Gasteiger partial charge is 0.274 e. The molecule has 0 spiro atoms. The topological polar surface area (TPSA) is 78.3 Å². The summed E-state index contributed by atoms with van der Waals surface area (Å²) in [5.74, 6) is 0.632. The predicted octanol–water partition coefficient (Wildman–Crippen LogP) is 4.43.